The fourth-order valence-electron chi connectivity index (χ4n) is 2.15. The van der Waals surface area contributed by atoms with Crippen molar-refractivity contribution >= 4 is 16.1 Å². The van der Waals surface area contributed by atoms with Crippen molar-refractivity contribution < 1.29 is 8.42 Å². The molecule has 1 aromatic rings. The zero-order valence-electron chi connectivity index (χ0n) is 11.8. The molecule has 0 amide bonds. The Kier molecular flexibility index (Phi) is 3.81. The van der Waals surface area contributed by atoms with E-state index in [0.29, 0.717) is 6.42 Å². The van der Waals surface area contributed by atoms with Gasteiger partial charge in [-0.25, -0.2) is 8.42 Å². The normalized spacial score (nSPS) is 23.0. The van der Waals surface area contributed by atoms with E-state index >= 15 is 0 Å². The second-order valence-corrected chi connectivity index (χ2v) is 8.44. The van der Waals surface area contributed by atoms with Gasteiger partial charge in [0.15, 0.2) is 9.84 Å². The molecule has 0 aliphatic carbocycles. The molecule has 0 unspecified atom stereocenters. The van der Waals surface area contributed by atoms with Gasteiger partial charge in [0, 0.05) is 6.21 Å². The molecule has 4 heteroatoms. The largest absolute Gasteiger partial charge is 0.288 e. The zero-order valence-corrected chi connectivity index (χ0v) is 12.6. The molecule has 3 nitrogen and oxygen atoms in total. The summed E-state index contributed by atoms with van der Waals surface area (Å²) in [5.74, 6) is 0.474. The molecule has 104 valence electrons. The van der Waals surface area contributed by atoms with Crippen LogP contribution in [0.5, 0.6) is 0 Å². The lowest BCUT2D eigenvalue weighted by molar-refractivity contribution is 0.590. The first-order valence-corrected chi connectivity index (χ1v) is 8.42. The number of sulfone groups is 1. The van der Waals surface area contributed by atoms with E-state index in [1.54, 1.807) is 6.21 Å². The minimum absolute atomic E-state index is 0.0627. The summed E-state index contributed by atoms with van der Waals surface area (Å²) in [6.07, 6.45) is 2.44. The summed E-state index contributed by atoms with van der Waals surface area (Å²) < 4.78 is 22.7. The average Bonchev–Trinajstić information content (AvgIpc) is 2.66. The van der Waals surface area contributed by atoms with Gasteiger partial charge in [0.05, 0.1) is 17.5 Å². The van der Waals surface area contributed by atoms with Gasteiger partial charge < -0.3 is 0 Å². The Morgan fingerprint density at radius 3 is 2.32 bits per heavy atom. The zero-order chi connectivity index (χ0) is 14.1. The predicted octanol–water partition coefficient (Wildman–Crippen LogP) is 2.59. The highest BCUT2D eigenvalue weighted by Crippen LogP contribution is 2.22. The maximum absolute atomic E-state index is 11.3. The smallest absolute Gasteiger partial charge is 0.152 e. The summed E-state index contributed by atoms with van der Waals surface area (Å²) in [6.45, 7) is 6.54. The molecule has 1 fully saturated rings. The van der Waals surface area contributed by atoms with Gasteiger partial charge >= 0.3 is 0 Å². The predicted molar refractivity (Wildman–Crippen MR) is 79.8 cm³/mol. The van der Waals surface area contributed by atoms with Crippen LogP contribution in [0.15, 0.2) is 29.3 Å². The molecule has 1 aromatic carbocycles. The van der Waals surface area contributed by atoms with E-state index in [1.165, 1.54) is 5.56 Å². The summed E-state index contributed by atoms with van der Waals surface area (Å²) >= 11 is 0. The van der Waals surface area contributed by atoms with Crippen LogP contribution < -0.4 is 0 Å². The molecule has 1 saturated heterocycles. The van der Waals surface area contributed by atoms with Crippen molar-refractivity contribution in [2.45, 2.75) is 38.6 Å². The van der Waals surface area contributed by atoms with Crippen LogP contribution in [0.3, 0.4) is 0 Å². The molecule has 1 aliphatic heterocycles. The van der Waals surface area contributed by atoms with Crippen LogP contribution in [-0.2, 0) is 15.3 Å². The first kappa shape index (κ1) is 14.3. The summed E-state index contributed by atoms with van der Waals surface area (Å²) in [7, 11) is -2.84. The van der Waals surface area contributed by atoms with Crippen molar-refractivity contribution in [1.29, 1.82) is 0 Å². The average molecular weight is 279 g/mol. The molecule has 0 radical (unpaired) electrons. The van der Waals surface area contributed by atoms with Crippen molar-refractivity contribution in [1.82, 2.24) is 0 Å². The molecule has 0 aromatic heterocycles. The first-order chi connectivity index (χ1) is 8.76. The van der Waals surface area contributed by atoms with Crippen molar-refractivity contribution in [3.05, 3.63) is 35.4 Å². The number of rotatable bonds is 2. The van der Waals surface area contributed by atoms with Crippen molar-refractivity contribution in [2.24, 2.45) is 4.99 Å². The highest BCUT2D eigenvalue weighted by Gasteiger charge is 2.26. The van der Waals surface area contributed by atoms with Gasteiger partial charge in [-0.3, -0.25) is 4.99 Å². The van der Waals surface area contributed by atoms with Crippen LogP contribution in [0, 0.1) is 0 Å². The minimum atomic E-state index is -2.84. The van der Waals surface area contributed by atoms with E-state index in [4.69, 9.17) is 0 Å². The Balaban J connectivity index is 2.04. The fraction of sp³-hybridized carbons (Fsp3) is 0.533. The number of hydrogen-bond donors (Lipinski definition) is 0. The maximum Gasteiger partial charge on any atom is 0.152 e. The standard InChI is InChI=1S/C15H21NO2S/c1-15(2,3)13-6-4-12(5-7-13)10-16-14-8-9-19(17,18)11-14/h4-7,10,14H,8-9,11H2,1-3H3/t14-/m0/s1. The van der Waals surface area contributed by atoms with E-state index in [-0.39, 0.29) is 23.0 Å². The molecule has 0 spiro atoms. The number of benzene rings is 1. The van der Waals surface area contributed by atoms with Gasteiger partial charge in [0.2, 0.25) is 0 Å². The molecule has 0 N–H and O–H groups in total. The number of aliphatic imine (C=N–C) groups is 1. The maximum atomic E-state index is 11.3. The van der Waals surface area contributed by atoms with Gasteiger partial charge in [0.1, 0.15) is 0 Å². The third-order valence-corrected chi connectivity index (χ3v) is 5.17. The van der Waals surface area contributed by atoms with Gasteiger partial charge in [-0.1, -0.05) is 45.0 Å². The second-order valence-electron chi connectivity index (χ2n) is 6.21. The molecular formula is C15H21NO2S. The van der Waals surface area contributed by atoms with Gasteiger partial charge in [0.25, 0.3) is 0 Å². The third kappa shape index (κ3) is 3.90. The molecule has 2 rings (SSSR count). The lowest BCUT2D eigenvalue weighted by Crippen LogP contribution is -2.10. The van der Waals surface area contributed by atoms with Crippen LogP contribution >= 0.6 is 0 Å². The Hall–Kier alpha value is -1.16. The molecule has 1 atom stereocenters. The minimum Gasteiger partial charge on any atom is -0.288 e. The fourth-order valence-corrected chi connectivity index (χ4v) is 3.79. The van der Waals surface area contributed by atoms with Crippen molar-refractivity contribution in [3.63, 3.8) is 0 Å². The lowest BCUT2D eigenvalue weighted by atomic mass is 9.87. The summed E-state index contributed by atoms with van der Waals surface area (Å²) in [4.78, 5) is 4.38. The number of nitrogens with zero attached hydrogens (tertiary/aromatic N) is 1. The highest BCUT2D eigenvalue weighted by atomic mass is 32.2. The second kappa shape index (κ2) is 5.08. The van der Waals surface area contributed by atoms with Crippen LogP contribution in [0.4, 0.5) is 0 Å². The third-order valence-electron chi connectivity index (χ3n) is 3.42. The monoisotopic (exact) mass is 279 g/mol. The SMILES string of the molecule is CC(C)(C)c1ccc(C=N[C@H]2CCS(=O)(=O)C2)cc1. The summed E-state index contributed by atoms with van der Waals surface area (Å²) in [5, 5.41) is 0. The van der Waals surface area contributed by atoms with E-state index in [2.05, 4.69) is 37.9 Å². The lowest BCUT2D eigenvalue weighted by Gasteiger charge is -2.18. The highest BCUT2D eigenvalue weighted by molar-refractivity contribution is 7.91. The van der Waals surface area contributed by atoms with Crippen molar-refractivity contribution in [3.8, 4) is 0 Å². The first-order valence-electron chi connectivity index (χ1n) is 6.60. The van der Waals surface area contributed by atoms with Gasteiger partial charge in [-0.2, -0.15) is 0 Å². The molecule has 1 heterocycles. The Morgan fingerprint density at radius 2 is 1.84 bits per heavy atom. The van der Waals surface area contributed by atoms with Gasteiger partial charge in [-0.15, -0.1) is 0 Å². The molecule has 0 bridgehead atoms. The molecular weight excluding hydrogens is 258 g/mol. The van der Waals surface area contributed by atoms with Crippen LogP contribution in [0.25, 0.3) is 0 Å². The van der Waals surface area contributed by atoms with E-state index in [9.17, 15) is 8.42 Å². The summed E-state index contributed by atoms with van der Waals surface area (Å²) in [6, 6.07) is 8.22. The van der Waals surface area contributed by atoms with Crippen LogP contribution in [-0.4, -0.2) is 32.2 Å². The Bertz CT molecular complexity index is 565. The van der Waals surface area contributed by atoms with Gasteiger partial charge in [-0.05, 0) is 23.0 Å². The molecule has 0 saturated carbocycles. The Morgan fingerprint density at radius 1 is 1.21 bits per heavy atom. The number of hydrogen-bond acceptors (Lipinski definition) is 3. The molecule has 1 aliphatic rings. The Labute approximate surface area is 115 Å². The summed E-state index contributed by atoms with van der Waals surface area (Å²) in [5.41, 5.74) is 2.46. The van der Waals surface area contributed by atoms with Crippen LogP contribution in [0.1, 0.15) is 38.3 Å². The van der Waals surface area contributed by atoms with Crippen LogP contribution in [0.2, 0.25) is 0 Å². The topological polar surface area (TPSA) is 46.5 Å². The van der Waals surface area contributed by atoms with E-state index in [1.807, 2.05) is 12.1 Å². The molecule has 19 heavy (non-hydrogen) atoms. The van der Waals surface area contributed by atoms with Crippen molar-refractivity contribution in [2.75, 3.05) is 11.5 Å². The van der Waals surface area contributed by atoms with E-state index < -0.39 is 9.84 Å². The van der Waals surface area contributed by atoms with E-state index in [0.717, 1.165) is 5.56 Å². The quantitative estimate of drug-likeness (QED) is 0.781.